The van der Waals surface area contributed by atoms with Gasteiger partial charge in [-0.2, -0.15) is 0 Å². The molecule has 0 spiro atoms. The second-order valence-corrected chi connectivity index (χ2v) is 8.34. The summed E-state index contributed by atoms with van der Waals surface area (Å²) in [5, 5.41) is 12.9. The van der Waals surface area contributed by atoms with Gasteiger partial charge in [-0.15, -0.1) is 21.5 Å². The van der Waals surface area contributed by atoms with Gasteiger partial charge in [-0.1, -0.05) is 42.5 Å². The number of hydrogen-bond donors (Lipinski definition) is 0. The minimum Gasteiger partial charge on any atom is -0.483 e. The molecule has 4 aromatic rings. The molecule has 0 saturated carbocycles. The monoisotopic (exact) mass is 430 g/mol. The van der Waals surface area contributed by atoms with Gasteiger partial charge in [-0.25, -0.2) is 0 Å². The first kappa shape index (κ1) is 19.5. The van der Waals surface area contributed by atoms with Crippen LogP contribution in [-0.4, -0.2) is 53.8 Å². The van der Waals surface area contributed by atoms with Crippen molar-refractivity contribution in [2.24, 2.45) is 0 Å². The van der Waals surface area contributed by atoms with Crippen LogP contribution in [0.1, 0.15) is 0 Å². The molecule has 0 aliphatic carbocycles. The standard InChI is InChI=1S/C24H22N4O2S/c29-24(17-30-21-8-3-6-18-5-1-2-7-19(18)21)28-14-12-27(13-15-28)23-11-10-20(25-26-23)22-9-4-16-31-22/h1-11,16H,12-15,17H2. The van der Waals surface area contributed by atoms with E-state index in [1.165, 1.54) is 0 Å². The maximum Gasteiger partial charge on any atom is 0.260 e. The van der Waals surface area contributed by atoms with E-state index in [1.807, 2.05) is 77.0 Å². The summed E-state index contributed by atoms with van der Waals surface area (Å²) in [4.78, 5) is 17.8. The van der Waals surface area contributed by atoms with Gasteiger partial charge < -0.3 is 14.5 Å². The number of anilines is 1. The molecule has 0 N–H and O–H groups in total. The van der Waals surface area contributed by atoms with Crippen molar-refractivity contribution < 1.29 is 9.53 Å². The van der Waals surface area contributed by atoms with Crippen molar-refractivity contribution in [3.8, 4) is 16.3 Å². The van der Waals surface area contributed by atoms with E-state index < -0.39 is 0 Å². The molecule has 2 aromatic heterocycles. The number of amides is 1. The average molecular weight is 431 g/mol. The molecule has 1 saturated heterocycles. The Hall–Kier alpha value is -3.45. The summed E-state index contributed by atoms with van der Waals surface area (Å²) in [6.45, 7) is 2.79. The fourth-order valence-electron chi connectivity index (χ4n) is 3.79. The van der Waals surface area contributed by atoms with Crippen LogP contribution < -0.4 is 9.64 Å². The molecule has 0 bridgehead atoms. The molecule has 1 aliphatic heterocycles. The van der Waals surface area contributed by atoms with Gasteiger partial charge in [0.1, 0.15) is 11.4 Å². The Balaban J connectivity index is 1.16. The van der Waals surface area contributed by atoms with Crippen molar-refractivity contribution in [3.05, 3.63) is 72.1 Å². The molecule has 1 amide bonds. The van der Waals surface area contributed by atoms with Crippen molar-refractivity contribution in [2.45, 2.75) is 0 Å². The van der Waals surface area contributed by atoms with E-state index in [0.29, 0.717) is 13.1 Å². The number of thiophene rings is 1. The number of benzene rings is 2. The zero-order valence-electron chi connectivity index (χ0n) is 17.0. The number of piperazine rings is 1. The first-order valence-corrected chi connectivity index (χ1v) is 11.2. The SMILES string of the molecule is O=C(COc1cccc2ccccc12)N1CCN(c2ccc(-c3cccs3)nn2)CC1. The molecule has 2 aromatic carbocycles. The number of aromatic nitrogens is 2. The van der Waals surface area contributed by atoms with Crippen LogP contribution in [0.3, 0.4) is 0 Å². The minimum absolute atomic E-state index is 0.00621. The van der Waals surface area contributed by atoms with E-state index in [1.54, 1.807) is 11.3 Å². The number of ether oxygens (including phenoxy) is 1. The highest BCUT2D eigenvalue weighted by atomic mass is 32.1. The number of carbonyl (C=O) groups is 1. The van der Waals surface area contributed by atoms with Crippen molar-refractivity contribution in [1.29, 1.82) is 0 Å². The molecule has 0 unspecified atom stereocenters. The van der Waals surface area contributed by atoms with Gasteiger partial charge in [0.05, 0.1) is 4.88 Å². The van der Waals surface area contributed by atoms with Crippen molar-refractivity contribution in [2.75, 3.05) is 37.7 Å². The van der Waals surface area contributed by atoms with Crippen LogP contribution in [0.4, 0.5) is 5.82 Å². The van der Waals surface area contributed by atoms with Gasteiger partial charge in [-0.05, 0) is 35.0 Å². The van der Waals surface area contributed by atoms with Crippen LogP contribution in [-0.2, 0) is 4.79 Å². The summed E-state index contributed by atoms with van der Waals surface area (Å²) in [6, 6.07) is 22.0. The van der Waals surface area contributed by atoms with Gasteiger partial charge in [0, 0.05) is 31.6 Å². The predicted molar refractivity (Wildman–Crippen MR) is 124 cm³/mol. The van der Waals surface area contributed by atoms with E-state index >= 15 is 0 Å². The summed E-state index contributed by atoms with van der Waals surface area (Å²) in [5.41, 5.74) is 0.887. The molecule has 1 fully saturated rings. The molecule has 1 aliphatic rings. The Kier molecular flexibility index (Phi) is 5.50. The Bertz CT molecular complexity index is 1160. The first-order valence-electron chi connectivity index (χ1n) is 10.3. The Morgan fingerprint density at radius 2 is 1.74 bits per heavy atom. The third-order valence-electron chi connectivity index (χ3n) is 5.48. The molecular formula is C24H22N4O2S. The molecule has 0 atom stereocenters. The van der Waals surface area contributed by atoms with Crippen LogP contribution in [0.2, 0.25) is 0 Å². The number of fused-ring (bicyclic) bond motifs is 1. The van der Waals surface area contributed by atoms with Crippen LogP contribution in [0.15, 0.2) is 72.1 Å². The maximum absolute atomic E-state index is 12.7. The van der Waals surface area contributed by atoms with Crippen molar-refractivity contribution in [3.63, 3.8) is 0 Å². The highest BCUT2D eigenvalue weighted by molar-refractivity contribution is 7.13. The molecule has 6 nitrogen and oxygen atoms in total. The highest BCUT2D eigenvalue weighted by Crippen LogP contribution is 2.26. The second-order valence-electron chi connectivity index (χ2n) is 7.39. The Labute approximate surface area is 184 Å². The lowest BCUT2D eigenvalue weighted by molar-refractivity contribution is -0.133. The summed E-state index contributed by atoms with van der Waals surface area (Å²) in [5.74, 6) is 1.59. The fourth-order valence-corrected chi connectivity index (χ4v) is 4.48. The quantitative estimate of drug-likeness (QED) is 0.477. The molecule has 0 radical (unpaired) electrons. The number of nitrogens with zero attached hydrogens (tertiary/aromatic N) is 4. The first-order chi connectivity index (χ1) is 15.3. The smallest absolute Gasteiger partial charge is 0.260 e. The Morgan fingerprint density at radius 1 is 0.903 bits per heavy atom. The molecule has 31 heavy (non-hydrogen) atoms. The normalized spacial score (nSPS) is 14.1. The largest absolute Gasteiger partial charge is 0.483 e. The van der Waals surface area contributed by atoms with Crippen LogP contribution in [0.25, 0.3) is 21.3 Å². The third kappa shape index (κ3) is 4.22. The van der Waals surface area contributed by atoms with E-state index in [2.05, 4.69) is 15.1 Å². The van der Waals surface area contributed by atoms with Crippen LogP contribution >= 0.6 is 11.3 Å². The summed E-state index contributed by atoms with van der Waals surface area (Å²) >= 11 is 1.65. The van der Waals surface area contributed by atoms with Crippen LogP contribution in [0, 0.1) is 0 Å². The zero-order chi connectivity index (χ0) is 21.0. The van der Waals surface area contributed by atoms with E-state index in [-0.39, 0.29) is 12.5 Å². The van der Waals surface area contributed by atoms with E-state index in [0.717, 1.165) is 46.0 Å². The predicted octanol–water partition coefficient (Wildman–Crippen LogP) is 4.09. The lowest BCUT2D eigenvalue weighted by Gasteiger charge is -2.35. The van der Waals surface area contributed by atoms with E-state index in [9.17, 15) is 4.79 Å². The third-order valence-corrected chi connectivity index (χ3v) is 6.37. The average Bonchev–Trinajstić information content (AvgIpc) is 3.38. The lowest BCUT2D eigenvalue weighted by Crippen LogP contribution is -2.50. The van der Waals surface area contributed by atoms with Crippen molar-refractivity contribution in [1.82, 2.24) is 15.1 Å². The van der Waals surface area contributed by atoms with Gasteiger partial charge in [-0.3, -0.25) is 4.79 Å². The maximum atomic E-state index is 12.7. The summed E-state index contributed by atoms with van der Waals surface area (Å²) in [7, 11) is 0. The topological polar surface area (TPSA) is 58.6 Å². The zero-order valence-corrected chi connectivity index (χ0v) is 17.8. The van der Waals surface area contributed by atoms with Crippen molar-refractivity contribution >= 4 is 33.8 Å². The van der Waals surface area contributed by atoms with Gasteiger partial charge in [0.25, 0.3) is 5.91 Å². The number of rotatable bonds is 5. The van der Waals surface area contributed by atoms with Crippen LogP contribution in [0.5, 0.6) is 5.75 Å². The minimum atomic E-state index is 0.00621. The number of carbonyl (C=O) groups excluding carboxylic acids is 1. The number of hydrogen-bond acceptors (Lipinski definition) is 6. The summed E-state index contributed by atoms with van der Waals surface area (Å²) < 4.78 is 5.87. The Morgan fingerprint density at radius 3 is 2.52 bits per heavy atom. The second kappa shape index (κ2) is 8.73. The molecule has 156 valence electrons. The van der Waals surface area contributed by atoms with E-state index in [4.69, 9.17) is 4.74 Å². The summed E-state index contributed by atoms with van der Waals surface area (Å²) in [6.07, 6.45) is 0. The van der Waals surface area contributed by atoms with Gasteiger partial charge in [0.15, 0.2) is 12.4 Å². The molecular weight excluding hydrogens is 408 g/mol. The molecule has 3 heterocycles. The van der Waals surface area contributed by atoms with Gasteiger partial charge in [0.2, 0.25) is 0 Å². The fraction of sp³-hybridized carbons (Fsp3) is 0.208. The van der Waals surface area contributed by atoms with Gasteiger partial charge >= 0.3 is 0 Å². The lowest BCUT2D eigenvalue weighted by atomic mass is 10.1. The highest BCUT2D eigenvalue weighted by Gasteiger charge is 2.22. The molecule has 7 heteroatoms. The molecule has 5 rings (SSSR count).